The fourth-order valence-electron chi connectivity index (χ4n) is 3.35. The van der Waals surface area contributed by atoms with E-state index in [0.717, 1.165) is 12.8 Å². The predicted octanol–water partition coefficient (Wildman–Crippen LogP) is 1.67. The van der Waals surface area contributed by atoms with Crippen LogP contribution in [0.3, 0.4) is 0 Å². The Bertz CT molecular complexity index is 824. The van der Waals surface area contributed by atoms with E-state index in [1.807, 2.05) is 0 Å². The van der Waals surface area contributed by atoms with Crippen LogP contribution in [0.15, 0.2) is 30.5 Å². The number of carbonyl (C=O) groups excluding carboxylic acids is 2. The van der Waals surface area contributed by atoms with Gasteiger partial charge in [-0.05, 0) is 44.0 Å². The van der Waals surface area contributed by atoms with Crippen LogP contribution in [-0.2, 0) is 4.79 Å². The molecule has 9 heteroatoms. The highest BCUT2D eigenvalue weighted by atomic mass is 35.5. The van der Waals surface area contributed by atoms with Gasteiger partial charge in [0.1, 0.15) is 5.82 Å². The molecule has 2 amide bonds. The molecule has 0 bridgehead atoms. The number of benzene rings is 1. The molecule has 3 rings (SSSR count). The molecular formula is C19H25ClFN5O2. The van der Waals surface area contributed by atoms with Gasteiger partial charge in [0.15, 0.2) is 0 Å². The molecule has 0 radical (unpaired) electrons. The summed E-state index contributed by atoms with van der Waals surface area (Å²) in [6.45, 7) is 3.63. The van der Waals surface area contributed by atoms with Crippen LogP contribution in [0.2, 0.25) is 0 Å². The lowest BCUT2D eigenvalue weighted by Gasteiger charge is -2.32. The third-order valence-corrected chi connectivity index (χ3v) is 4.83. The van der Waals surface area contributed by atoms with Gasteiger partial charge in [-0.3, -0.25) is 9.59 Å². The van der Waals surface area contributed by atoms with Gasteiger partial charge in [-0.25, -0.2) is 9.07 Å². The summed E-state index contributed by atoms with van der Waals surface area (Å²) in [4.78, 5) is 26.9. The zero-order chi connectivity index (χ0) is 19.4. The van der Waals surface area contributed by atoms with Crippen molar-refractivity contribution in [3.05, 3.63) is 47.5 Å². The third kappa shape index (κ3) is 4.69. The Hall–Kier alpha value is -2.45. The van der Waals surface area contributed by atoms with Gasteiger partial charge in [-0.1, -0.05) is 0 Å². The summed E-state index contributed by atoms with van der Waals surface area (Å²) in [7, 11) is 0. The first-order valence-corrected chi connectivity index (χ1v) is 9.09. The zero-order valence-electron chi connectivity index (χ0n) is 15.7. The number of amides is 2. The quantitative estimate of drug-likeness (QED) is 0.785. The largest absolute Gasteiger partial charge is 0.355 e. The second-order valence-corrected chi connectivity index (χ2v) is 6.70. The standard InChI is InChI=1S/C19H24FN5O2.ClH/c1-13-17(11-23-25(13)16-6-4-15(20)5-7-16)19(27)24-10-2-3-14(12-24)18(26)22-9-8-21;/h4-7,11,14H,2-3,8-10,12,21H2,1H3,(H,22,26);1H. The maximum absolute atomic E-state index is 13.1. The first-order chi connectivity index (χ1) is 13.0. The molecule has 28 heavy (non-hydrogen) atoms. The number of halogens is 2. The molecule has 1 aliphatic rings. The minimum atomic E-state index is -0.327. The molecule has 2 aromatic rings. The Kier molecular flexibility index (Phi) is 7.53. The SMILES string of the molecule is Cc1c(C(=O)N2CCCC(C(=O)NCCN)C2)cnn1-c1ccc(F)cc1.Cl. The van der Waals surface area contributed by atoms with Crippen molar-refractivity contribution < 1.29 is 14.0 Å². The average Bonchev–Trinajstić information content (AvgIpc) is 3.07. The van der Waals surface area contributed by atoms with E-state index in [1.54, 1.807) is 28.6 Å². The number of nitrogens with zero attached hydrogens (tertiary/aromatic N) is 3. The molecule has 1 aromatic heterocycles. The van der Waals surface area contributed by atoms with E-state index in [2.05, 4.69) is 10.4 Å². The molecule has 0 saturated carbocycles. The van der Waals surface area contributed by atoms with E-state index in [-0.39, 0.29) is 36.0 Å². The highest BCUT2D eigenvalue weighted by molar-refractivity contribution is 5.95. The number of carbonyl (C=O) groups is 2. The Morgan fingerprint density at radius 2 is 2.04 bits per heavy atom. The summed E-state index contributed by atoms with van der Waals surface area (Å²) in [6.07, 6.45) is 3.06. The second kappa shape index (κ2) is 9.66. The summed E-state index contributed by atoms with van der Waals surface area (Å²) in [5, 5.41) is 7.07. The molecule has 3 N–H and O–H groups in total. The van der Waals surface area contributed by atoms with Crippen LogP contribution in [0.25, 0.3) is 5.69 Å². The Labute approximate surface area is 169 Å². The number of nitrogens with two attached hydrogens (primary N) is 1. The first kappa shape index (κ1) is 21.8. The molecule has 0 spiro atoms. The van der Waals surface area contributed by atoms with Gasteiger partial charge >= 0.3 is 0 Å². The normalized spacial score (nSPS) is 16.4. The first-order valence-electron chi connectivity index (χ1n) is 9.09. The maximum atomic E-state index is 13.1. The third-order valence-electron chi connectivity index (χ3n) is 4.83. The molecule has 7 nitrogen and oxygen atoms in total. The average molecular weight is 410 g/mol. The smallest absolute Gasteiger partial charge is 0.257 e. The van der Waals surface area contributed by atoms with Gasteiger partial charge in [0.2, 0.25) is 5.91 Å². The summed E-state index contributed by atoms with van der Waals surface area (Å²) in [5.41, 5.74) is 7.28. The fourth-order valence-corrected chi connectivity index (χ4v) is 3.35. The zero-order valence-corrected chi connectivity index (χ0v) is 16.5. The molecule has 1 aromatic carbocycles. The van der Waals surface area contributed by atoms with Crippen molar-refractivity contribution in [3.8, 4) is 5.69 Å². The van der Waals surface area contributed by atoms with E-state index >= 15 is 0 Å². The second-order valence-electron chi connectivity index (χ2n) is 6.70. The van der Waals surface area contributed by atoms with Gasteiger partial charge in [0, 0.05) is 26.2 Å². The Morgan fingerprint density at radius 1 is 1.32 bits per heavy atom. The van der Waals surface area contributed by atoms with Crippen LogP contribution >= 0.6 is 12.4 Å². The van der Waals surface area contributed by atoms with Gasteiger partial charge in [-0.2, -0.15) is 5.10 Å². The number of hydrogen-bond acceptors (Lipinski definition) is 4. The molecule has 1 unspecified atom stereocenters. The molecular weight excluding hydrogens is 385 g/mol. The van der Waals surface area contributed by atoms with Crippen molar-refractivity contribution in [2.24, 2.45) is 11.7 Å². The summed E-state index contributed by atoms with van der Waals surface area (Å²) in [6, 6.07) is 5.94. The number of nitrogens with one attached hydrogen (secondary N) is 1. The number of hydrogen-bond donors (Lipinski definition) is 2. The molecule has 1 atom stereocenters. The minimum Gasteiger partial charge on any atom is -0.355 e. The maximum Gasteiger partial charge on any atom is 0.257 e. The van der Waals surface area contributed by atoms with Gasteiger partial charge in [0.25, 0.3) is 5.91 Å². The van der Waals surface area contributed by atoms with E-state index < -0.39 is 0 Å². The van der Waals surface area contributed by atoms with E-state index in [9.17, 15) is 14.0 Å². The van der Waals surface area contributed by atoms with Crippen LogP contribution in [-0.4, -0.2) is 52.7 Å². The van der Waals surface area contributed by atoms with Crippen LogP contribution in [0.1, 0.15) is 28.9 Å². The lowest BCUT2D eigenvalue weighted by atomic mass is 9.96. The summed E-state index contributed by atoms with van der Waals surface area (Å²) < 4.78 is 14.7. The fraction of sp³-hybridized carbons (Fsp3) is 0.421. The molecule has 2 heterocycles. The van der Waals surface area contributed by atoms with Gasteiger partial charge in [-0.15, -0.1) is 12.4 Å². The highest BCUT2D eigenvalue weighted by Gasteiger charge is 2.30. The van der Waals surface area contributed by atoms with Crippen molar-refractivity contribution in [1.82, 2.24) is 20.0 Å². The lowest BCUT2D eigenvalue weighted by Crippen LogP contribution is -2.46. The van der Waals surface area contributed by atoms with Crippen molar-refractivity contribution in [3.63, 3.8) is 0 Å². The van der Waals surface area contributed by atoms with E-state index in [1.165, 1.54) is 18.3 Å². The van der Waals surface area contributed by atoms with Crippen LogP contribution in [0.4, 0.5) is 4.39 Å². The molecule has 152 valence electrons. The van der Waals surface area contributed by atoms with Crippen LogP contribution in [0.5, 0.6) is 0 Å². The monoisotopic (exact) mass is 409 g/mol. The van der Waals surface area contributed by atoms with Gasteiger partial charge < -0.3 is 16.0 Å². The van der Waals surface area contributed by atoms with Crippen molar-refractivity contribution >= 4 is 24.2 Å². The molecule has 1 fully saturated rings. The molecule has 1 aliphatic heterocycles. The lowest BCUT2D eigenvalue weighted by molar-refractivity contribution is -0.126. The van der Waals surface area contributed by atoms with E-state index in [4.69, 9.17) is 5.73 Å². The van der Waals surface area contributed by atoms with Crippen LogP contribution in [0, 0.1) is 18.7 Å². The van der Waals surface area contributed by atoms with Gasteiger partial charge in [0.05, 0.1) is 29.1 Å². The Morgan fingerprint density at radius 3 is 2.71 bits per heavy atom. The minimum absolute atomic E-state index is 0. The van der Waals surface area contributed by atoms with E-state index in [0.29, 0.717) is 43.1 Å². The predicted molar refractivity (Wildman–Crippen MR) is 106 cm³/mol. The number of aromatic nitrogens is 2. The number of likely N-dealkylation sites (tertiary alicyclic amines) is 1. The van der Waals surface area contributed by atoms with Crippen molar-refractivity contribution in [2.75, 3.05) is 26.2 Å². The molecule has 1 saturated heterocycles. The number of rotatable bonds is 5. The van der Waals surface area contributed by atoms with Crippen molar-refractivity contribution in [1.29, 1.82) is 0 Å². The summed E-state index contributed by atoms with van der Waals surface area (Å²) >= 11 is 0. The van der Waals surface area contributed by atoms with Crippen molar-refractivity contribution in [2.45, 2.75) is 19.8 Å². The Balaban J connectivity index is 0.00000280. The topological polar surface area (TPSA) is 93.2 Å². The summed E-state index contributed by atoms with van der Waals surface area (Å²) in [5.74, 6) is -0.748. The highest BCUT2D eigenvalue weighted by Crippen LogP contribution is 2.21. The number of piperidine rings is 1. The molecule has 0 aliphatic carbocycles. The van der Waals surface area contributed by atoms with Crippen LogP contribution < -0.4 is 11.1 Å².